The minimum Gasteiger partial charge on any atom is -0.316 e. The Kier molecular flexibility index (Phi) is 5.67. The molecule has 0 aromatic heterocycles. The summed E-state index contributed by atoms with van der Waals surface area (Å²) in [7, 11) is 0. The van der Waals surface area contributed by atoms with Crippen molar-refractivity contribution in [1.29, 1.82) is 0 Å². The van der Waals surface area contributed by atoms with Crippen LogP contribution >= 0.6 is 23.2 Å². The minimum absolute atomic E-state index is 0.130. The smallest absolute Gasteiger partial charge is 0.316 e. The van der Waals surface area contributed by atoms with Crippen LogP contribution in [0.5, 0.6) is 0 Å². The van der Waals surface area contributed by atoms with Crippen LogP contribution in [-0.4, -0.2) is 18.0 Å². The lowest BCUT2D eigenvalue weighted by molar-refractivity contribution is -0.136. The fraction of sp³-hybridized carbons (Fsp3) is 0. The topological polar surface area (TPSA) is 70.6 Å². The average Bonchev–Trinajstić information content (AvgIpc) is 2.53. The summed E-state index contributed by atoms with van der Waals surface area (Å²) in [4.78, 5) is 23.3. The number of hydrazone groups is 1. The Labute approximate surface area is 141 Å². The fourth-order valence-electron chi connectivity index (χ4n) is 1.54. The van der Waals surface area contributed by atoms with Gasteiger partial charge in [0.05, 0.1) is 21.9 Å². The van der Waals surface area contributed by atoms with Gasteiger partial charge in [-0.05, 0) is 29.8 Å². The largest absolute Gasteiger partial charge is 0.329 e. The Morgan fingerprint density at radius 2 is 1.74 bits per heavy atom. The molecule has 0 aliphatic carbocycles. The molecular weight excluding hydrogens is 344 g/mol. The summed E-state index contributed by atoms with van der Waals surface area (Å²) in [6, 6.07) is 10.1. The molecule has 0 spiro atoms. The Bertz CT molecular complexity index is 764. The number of carbonyl (C=O) groups is 2. The molecule has 2 aromatic rings. The number of hydrogen-bond donors (Lipinski definition) is 2. The first-order valence-electron chi connectivity index (χ1n) is 6.31. The van der Waals surface area contributed by atoms with Gasteiger partial charge in [0, 0.05) is 0 Å². The molecule has 0 bridgehead atoms. The van der Waals surface area contributed by atoms with E-state index in [9.17, 15) is 14.0 Å². The molecule has 0 atom stereocenters. The first kappa shape index (κ1) is 16.9. The van der Waals surface area contributed by atoms with Gasteiger partial charge in [-0.1, -0.05) is 41.4 Å². The number of amides is 2. The van der Waals surface area contributed by atoms with E-state index in [0.29, 0.717) is 5.56 Å². The molecule has 0 radical (unpaired) electrons. The zero-order valence-corrected chi connectivity index (χ0v) is 13.0. The summed E-state index contributed by atoms with van der Waals surface area (Å²) >= 11 is 11.7. The summed E-state index contributed by atoms with van der Waals surface area (Å²) in [6.45, 7) is 0. The lowest BCUT2D eigenvalue weighted by Gasteiger charge is -2.06. The molecule has 5 nitrogen and oxygen atoms in total. The highest BCUT2D eigenvalue weighted by Gasteiger charge is 2.15. The van der Waals surface area contributed by atoms with Crippen molar-refractivity contribution in [2.24, 2.45) is 5.10 Å². The Morgan fingerprint density at radius 3 is 2.43 bits per heavy atom. The molecule has 8 heteroatoms. The molecule has 0 saturated heterocycles. The second-order valence-electron chi connectivity index (χ2n) is 4.31. The van der Waals surface area contributed by atoms with Crippen LogP contribution in [0.1, 0.15) is 5.56 Å². The zero-order valence-electron chi connectivity index (χ0n) is 11.5. The van der Waals surface area contributed by atoms with Crippen LogP contribution < -0.4 is 10.7 Å². The van der Waals surface area contributed by atoms with Gasteiger partial charge in [-0.15, -0.1) is 0 Å². The van der Waals surface area contributed by atoms with Crippen LogP contribution in [0.3, 0.4) is 0 Å². The van der Waals surface area contributed by atoms with Crippen molar-refractivity contribution in [2.45, 2.75) is 0 Å². The summed E-state index contributed by atoms with van der Waals surface area (Å²) in [5, 5.41) is 6.30. The number of nitrogens with one attached hydrogen (secondary N) is 2. The lowest BCUT2D eigenvalue weighted by atomic mass is 10.2. The number of anilines is 1. The highest BCUT2D eigenvalue weighted by Crippen LogP contribution is 2.29. The molecule has 0 unspecified atom stereocenters. The molecule has 23 heavy (non-hydrogen) atoms. The van der Waals surface area contributed by atoms with Crippen LogP contribution in [0, 0.1) is 5.82 Å². The first-order chi connectivity index (χ1) is 11.0. The van der Waals surface area contributed by atoms with Crippen molar-refractivity contribution < 1.29 is 14.0 Å². The molecular formula is C15H10Cl2FN3O2. The predicted molar refractivity (Wildman–Crippen MR) is 87.2 cm³/mol. The van der Waals surface area contributed by atoms with Crippen molar-refractivity contribution in [2.75, 3.05) is 5.32 Å². The fourth-order valence-corrected chi connectivity index (χ4v) is 1.89. The molecule has 0 fully saturated rings. The van der Waals surface area contributed by atoms with E-state index in [1.165, 1.54) is 36.5 Å². The third-order valence-corrected chi connectivity index (χ3v) is 3.47. The normalized spacial score (nSPS) is 10.6. The van der Waals surface area contributed by atoms with Gasteiger partial charge in [0.15, 0.2) is 0 Å². The van der Waals surface area contributed by atoms with E-state index >= 15 is 0 Å². The summed E-state index contributed by atoms with van der Waals surface area (Å²) < 4.78 is 12.7. The van der Waals surface area contributed by atoms with Crippen LogP contribution in [0.25, 0.3) is 0 Å². The number of nitrogens with zero attached hydrogens (tertiary/aromatic N) is 1. The Morgan fingerprint density at radius 1 is 1.04 bits per heavy atom. The Hall–Kier alpha value is -2.44. The quantitative estimate of drug-likeness (QED) is 0.505. The molecule has 0 aliphatic rings. The van der Waals surface area contributed by atoms with Crippen molar-refractivity contribution in [3.8, 4) is 0 Å². The van der Waals surface area contributed by atoms with Gasteiger partial charge in [0.1, 0.15) is 5.82 Å². The van der Waals surface area contributed by atoms with Gasteiger partial charge < -0.3 is 5.32 Å². The number of carbonyl (C=O) groups excluding carboxylic acids is 2. The first-order valence-corrected chi connectivity index (χ1v) is 7.07. The molecule has 0 heterocycles. The molecule has 0 saturated carbocycles. The summed E-state index contributed by atoms with van der Waals surface area (Å²) in [5.41, 5.74) is 2.82. The van der Waals surface area contributed by atoms with Crippen molar-refractivity contribution in [3.63, 3.8) is 0 Å². The molecule has 0 aliphatic heterocycles. The van der Waals surface area contributed by atoms with E-state index < -0.39 is 11.8 Å². The van der Waals surface area contributed by atoms with Gasteiger partial charge in [0.2, 0.25) is 0 Å². The molecule has 2 amide bonds. The van der Waals surface area contributed by atoms with Gasteiger partial charge in [-0.2, -0.15) is 5.10 Å². The van der Waals surface area contributed by atoms with Crippen LogP contribution in [0.2, 0.25) is 10.0 Å². The number of benzene rings is 2. The maximum Gasteiger partial charge on any atom is 0.329 e. The molecule has 2 N–H and O–H groups in total. The predicted octanol–water partition coefficient (Wildman–Crippen LogP) is 3.22. The van der Waals surface area contributed by atoms with Crippen LogP contribution in [-0.2, 0) is 9.59 Å². The second-order valence-corrected chi connectivity index (χ2v) is 5.09. The van der Waals surface area contributed by atoms with Crippen molar-refractivity contribution in [3.05, 3.63) is 63.9 Å². The van der Waals surface area contributed by atoms with Crippen molar-refractivity contribution >= 4 is 46.9 Å². The van der Waals surface area contributed by atoms with Crippen LogP contribution in [0.4, 0.5) is 10.1 Å². The van der Waals surface area contributed by atoms with Gasteiger partial charge in [-0.3, -0.25) is 9.59 Å². The number of rotatable bonds is 3. The SMILES string of the molecule is O=C(N/N=C\c1ccc(F)cc1)C(=O)Nc1cccc(Cl)c1Cl. The summed E-state index contributed by atoms with van der Waals surface area (Å²) in [6.07, 6.45) is 1.27. The minimum atomic E-state index is -0.987. The molecule has 118 valence electrons. The van der Waals surface area contributed by atoms with E-state index in [1.54, 1.807) is 12.1 Å². The van der Waals surface area contributed by atoms with Gasteiger partial charge in [0.25, 0.3) is 0 Å². The number of hydrogen-bond acceptors (Lipinski definition) is 3. The maximum atomic E-state index is 12.7. The number of halogens is 3. The Balaban J connectivity index is 1.94. The zero-order chi connectivity index (χ0) is 16.8. The van der Waals surface area contributed by atoms with E-state index in [0.717, 1.165) is 0 Å². The van der Waals surface area contributed by atoms with Gasteiger partial charge in [-0.25, -0.2) is 9.82 Å². The monoisotopic (exact) mass is 353 g/mol. The standard InChI is InChI=1S/C15H10Cl2FN3O2/c16-11-2-1-3-12(13(11)17)20-14(22)15(23)21-19-8-9-4-6-10(18)7-5-9/h1-8H,(H,20,22)(H,21,23)/b19-8-. The van der Waals surface area contributed by atoms with Crippen molar-refractivity contribution in [1.82, 2.24) is 5.43 Å². The average molecular weight is 354 g/mol. The van der Waals surface area contributed by atoms with E-state index in [4.69, 9.17) is 23.2 Å². The molecule has 2 aromatic carbocycles. The summed E-state index contributed by atoms with van der Waals surface area (Å²) in [5.74, 6) is -2.33. The van der Waals surface area contributed by atoms with Crippen LogP contribution in [0.15, 0.2) is 47.6 Å². The van der Waals surface area contributed by atoms with E-state index in [2.05, 4.69) is 10.4 Å². The second kappa shape index (κ2) is 7.71. The maximum absolute atomic E-state index is 12.7. The highest BCUT2D eigenvalue weighted by molar-refractivity contribution is 6.45. The third-order valence-electron chi connectivity index (χ3n) is 2.66. The highest BCUT2D eigenvalue weighted by atomic mass is 35.5. The van der Waals surface area contributed by atoms with E-state index in [1.807, 2.05) is 5.43 Å². The molecule has 2 rings (SSSR count). The van der Waals surface area contributed by atoms with E-state index in [-0.39, 0.29) is 21.5 Å². The third kappa shape index (κ3) is 4.77. The lowest BCUT2D eigenvalue weighted by Crippen LogP contribution is -2.32. The van der Waals surface area contributed by atoms with Gasteiger partial charge >= 0.3 is 11.8 Å².